The van der Waals surface area contributed by atoms with E-state index >= 15 is 0 Å². The summed E-state index contributed by atoms with van der Waals surface area (Å²) >= 11 is 2.14. The van der Waals surface area contributed by atoms with E-state index < -0.39 is 0 Å². The first-order valence-electron chi connectivity index (χ1n) is 4.26. The van der Waals surface area contributed by atoms with Gasteiger partial charge in [0.2, 0.25) is 0 Å². The van der Waals surface area contributed by atoms with Gasteiger partial charge in [-0.2, -0.15) is 0 Å². The Morgan fingerprint density at radius 1 is 1.36 bits per heavy atom. The van der Waals surface area contributed by atoms with Gasteiger partial charge in [-0.25, -0.2) is 0 Å². The molecule has 0 heterocycles. The van der Waals surface area contributed by atoms with Crippen molar-refractivity contribution in [3.63, 3.8) is 0 Å². The van der Waals surface area contributed by atoms with Crippen LogP contribution in [-0.2, 0) is 6.42 Å². The predicted octanol–water partition coefficient (Wildman–Crippen LogP) is 3.21. The van der Waals surface area contributed by atoms with E-state index in [1.165, 1.54) is 8.93 Å². The number of Topliss-reactive ketones (excluding diaryl/α,β-unsaturated/α-hetero) is 1. The summed E-state index contributed by atoms with van der Waals surface area (Å²) in [7, 11) is 1.47. The van der Waals surface area contributed by atoms with Gasteiger partial charge in [0.1, 0.15) is 0 Å². The van der Waals surface area contributed by atoms with Crippen molar-refractivity contribution in [2.45, 2.75) is 12.8 Å². The highest BCUT2D eigenvalue weighted by Gasteiger charge is 2.18. The number of hydrogen-bond acceptors (Lipinski definition) is 2. The summed E-state index contributed by atoms with van der Waals surface area (Å²) in [4.78, 5) is 11.3. The zero-order valence-electron chi connectivity index (χ0n) is 7.34. The summed E-state index contributed by atoms with van der Waals surface area (Å²) in [6, 6.07) is 5.84. The molecule has 0 saturated carbocycles. The third-order valence-corrected chi connectivity index (χ3v) is 3.10. The molecule has 0 atom stereocenters. The average Bonchev–Trinajstić information content (AvgIpc) is 2.57. The Labute approximate surface area is 99.2 Å². The predicted molar refractivity (Wildman–Crippen MR) is 67.6 cm³/mol. The second-order valence-electron chi connectivity index (χ2n) is 3.10. The molecule has 0 spiro atoms. The molecule has 0 aromatic heterocycles. The highest BCUT2D eigenvalue weighted by molar-refractivity contribution is 14.2. The first kappa shape index (κ1) is 10.1. The fraction of sp³-hybridized carbons (Fsp3) is 0.182. The van der Waals surface area contributed by atoms with Crippen LogP contribution in [-0.4, -0.2) is 5.78 Å². The molecule has 14 heavy (non-hydrogen) atoms. The normalized spacial score (nSPS) is 13.4. The first-order valence-corrected chi connectivity index (χ1v) is 7.62. The number of rotatable bonds is 0. The summed E-state index contributed by atoms with van der Waals surface area (Å²) in [6.45, 7) is 0. The van der Waals surface area contributed by atoms with E-state index in [4.69, 9.17) is 0 Å². The maximum Gasteiger partial charge on any atom is 0.163 e. The van der Waals surface area contributed by atoms with Crippen molar-refractivity contribution in [1.29, 1.82) is 0 Å². The van der Waals surface area contributed by atoms with Crippen LogP contribution in [0.25, 0.3) is 0 Å². The fourth-order valence-electron chi connectivity index (χ4n) is 1.61. The van der Waals surface area contributed by atoms with Gasteiger partial charge in [-0.3, -0.25) is 4.79 Å². The Bertz CT molecular complexity index is 442. The SMILES string of the molecule is O=C1CCc2cc(C#CSI)ccc21. The minimum absolute atomic E-state index is 0.266. The standard InChI is InChI=1S/C11H7IOS/c12-14-6-5-8-1-3-10-9(7-8)2-4-11(10)13/h1,3,7H,2,4H2. The van der Waals surface area contributed by atoms with Crippen LogP contribution in [0.1, 0.15) is 27.9 Å². The van der Waals surface area contributed by atoms with Crippen molar-refractivity contribution in [3.8, 4) is 11.2 Å². The van der Waals surface area contributed by atoms with Crippen LogP contribution in [0.2, 0.25) is 0 Å². The summed E-state index contributed by atoms with van der Waals surface area (Å²) in [5.74, 6) is 3.30. The highest BCUT2D eigenvalue weighted by atomic mass is 127. The topological polar surface area (TPSA) is 17.1 Å². The smallest absolute Gasteiger partial charge is 0.163 e. The summed E-state index contributed by atoms with van der Waals surface area (Å²) in [6.07, 6.45) is 1.54. The van der Waals surface area contributed by atoms with Gasteiger partial charge in [0.05, 0.1) is 0 Å². The van der Waals surface area contributed by atoms with Crippen molar-refractivity contribution in [3.05, 3.63) is 34.9 Å². The summed E-state index contributed by atoms with van der Waals surface area (Å²) in [5.41, 5.74) is 3.04. The van der Waals surface area contributed by atoms with Crippen LogP contribution in [0, 0.1) is 11.2 Å². The Balaban J connectivity index is 2.37. The number of hydrogen-bond donors (Lipinski definition) is 0. The largest absolute Gasteiger partial charge is 0.294 e. The van der Waals surface area contributed by atoms with Crippen molar-refractivity contribution in [2.24, 2.45) is 0 Å². The molecule has 70 valence electrons. The van der Waals surface area contributed by atoms with Gasteiger partial charge in [-0.15, -0.1) is 0 Å². The van der Waals surface area contributed by atoms with E-state index in [1.807, 2.05) is 18.2 Å². The molecular weight excluding hydrogens is 307 g/mol. The number of halogens is 1. The van der Waals surface area contributed by atoms with Crippen molar-refractivity contribution >= 4 is 35.9 Å². The molecule has 1 aliphatic carbocycles. The van der Waals surface area contributed by atoms with Crippen LogP contribution < -0.4 is 0 Å². The number of benzene rings is 1. The van der Waals surface area contributed by atoms with Gasteiger partial charge >= 0.3 is 0 Å². The molecule has 0 unspecified atom stereocenters. The van der Waals surface area contributed by atoms with Gasteiger partial charge in [0.15, 0.2) is 5.78 Å². The molecule has 0 aliphatic heterocycles. The van der Waals surface area contributed by atoms with Crippen LogP contribution >= 0.6 is 30.1 Å². The van der Waals surface area contributed by atoms with E-state index in [9.17, 15) is 4.79 Å². The Morgan fingerprint density at radius 3 is 3.00 bits per heavy atom. The molecule has 0 radical (unpaired) electrons. The van der Waals surface area contributed by atoms with Gasteiger partial charge < -0.3 is 0 Å². The zero-order valence-corrected chi connectivity index (χ0v) is 10.3. The average molecular weight is 314 g/mol. The molecule has 0 amide bonds. The molecule has 0 saturated heterocycles. The second-order valence-corrected chi connectivity index (χ2v) is 4.78. The van der Waals surface area contributed by atoms with E-state index in [0.717, 1.165) is 23.1 Å². The van der Waals surface area contributed by atoms with E-state index in [2.05, 4.69) is 32.4 Å². The lowest BCUT2D eigenvalue weighted by atomic mass is 10.1. The Morgan fingerprint density at radius 2 is 2.21 bits per heavy atom. The summed E-state index contributed by atoms with van der Waals surface area (Å²) in [5, 5.41) is 2.94. The number of carbonyl (C=O) groups is 1. The summed E-state index contributed by atoms with van der Waals surface area (Å²) < 4.78 is 0. The number of aryl methyl sites for hydroxylation is 1. The van der Waals surface area contributed by atoms with Gasteiger partial charge in [0.25, 0.3) is 0 Å². The molecule has 3 heteroatoms. The Kier molecular flexibility index (Phi) is 3.14. The van der Waals surface area contributed by atoms with Gasteiger partial charge in [-0.05, 0) is 44.4 Å². The first-order chi connectivity index (χ1) is 6.81. The monoisotopic (exact) mass is 314 g/mol. The van der Waals surface area contributed by atoms with Crippen LogP contribution in [0.15, 0.2) is 18.2 Å². The maximum absolute atomic E-state index is 11.3. The Hall–Kier alpha value is -0.470. The minimum atomic E-state index is 0.266. The van der Waals surface area contributed by atoms with Crippen LogP contribution in [0.5, 0.6) is 0 Å². The van der Waals surface area contributed by atoms with Crippen molar-refractivity contribution in [1.82, 2.24) is 0 Å². The van der Waals surface area contributed by atoms with Gasteiger partial charge in [-0.1, -0.05) is 5.92 Å². The number of carbonyl (C=O) groups excluding carboxylic acids is 1. The fourth-order valence-corrected chi connectivity index (χ4v) is 2.10. The second kappa shape index (κ2) is 4.37. The maximum atomic E-state index is 11.3. The number of ketones is 1. The quantitative estimate of drug-likeness (QED) is 0.540. The lowest BCUT2D eigenvalue weighted by molar-refractivity contribution is 0.0994. The number of fused-ring (bicyclic) bond motifs is 1. The van der Waals surface area contributed by atoms with Crippen molar-refractivity contribution in [2.75, 3.05) is 0 Å². The van der Waals surface area contributed by atoms with Crippen LogP contribution in [0.4, 0.5) is 0 Å². The molecule has 1 nitrogen and oxygen atoms in total. The van der Waals surface area contributed by atoms with Crippen LogP contribution in [0.3, 0.4) is 0 Å². The molecule has 1 aromatic rings. The molecule has 1 aromatic carbocycles. The molecular formula is C11H7IOS. The third-order valence-electron chi connectivity index (χ3n) is 2.26. The zero-order chi connectivity index (χ0) is 9.97. The van der Waals surface area contributed by atoms with E-state index in [0.29, 0.717) is 6.42 Å². The van der Waals surface area contributed by atoms with Crippen molar-refractivity contribution < 1.29 is 4.79 Å². The molecule has 0 bridgehead atoms. The molecule has 1 aliphatic rings. The van der Waals surface area contributed by atoms with E-state index in [-0.39, 0.29) is 5.78 Å². The molecule has 2 rings (SSSR count). The minimum Gasteiger partial charge on any atom is -0.294 e. The lowest BCUT2D eigenvalue weighted by Gasteiger charge is -1.97. The molecule has 0 N–H and O–H groups in total. The highest BCUT2D eigenvalue weighted by Crippen LogP contribution is 2.22. The third kappa shape index (κ3) is 1.96. The van der Waals surface area contributed by atoms with E-state index in [1.54, 1.807) is 0 Å². The molecule has 0 fully saturated rings. The lowest BCUT2D eigenvalue weighted by Crippen LogP contribution is -1.90. The van der Waals surface area contributed by atoms with Gasteiger partial charge in [0, 0.05) is 38.8 Å².